The Bertz CT molecular complexity index is 590. The quantitative estimate of drug-likeness (QED) is 0.804. The fourth-order valence-electron chi connectivity index (χ4n) is 1.49. The minimum atomic E-state index is -2.90. The molecule has 0 aliphatic rings. The number of ketones is 1. The van der Waals surface area contributed by atoms with E-state index in [1.54, 1.807) is 18.2 Å². The van der Waals surface area contributed by atoms with Gasteiger partial charge < -0.3 is 4.74 Å². The summed E-state index contributed by atoms with van der Waals surface area (Å²) in [6, 6.07) is 9.03. The maximum Gasteiger partial charge on any atom is 0.387 e. The van der Waals surface area contributed by atoms with Gasteiger partial charge in [-0.3, -0.25) is 9.78 Å². The second-order valence-electron chi connectivity index (χ2n) is 3.56. The van der Waals surface area contributed by atoms with E-state index in [0.29, 0.717) is 10.0 Å². The average Bonchev–Trinajstić information content (AvgIpc) is 2.38. The van der Waals surface area contributed by atoms with Crippen molar-refractivity contribution >= 4 is 21.7 Å². The van der Waals surface area contributed by atoms with Crippen molar-refractivity contribution in [3.63, 3.8) is 0 Å². The summed E-state index contributed by atoms with van der Waals surface area (Å²) < 4.78 is 28.7. The number of ether oxygens (including phenoxy) is 1. The van der Waals surface area contributed by atoms with Crippen molar-refractivity contribution in [2.75, 3.05) is 0 Å². The summed E-state index contributed by atoms with van der Waals surface area (Å²) in [5, 5.41) is 0. The standard InChI is InChI=1S/C13H8BrF2NO2/c14-10-7-8(19-13(15)16)4-5-9(10)12(18)11-3-1-2-6-17-11/h1-7,13H. The number of aromatic nitrogens is 1. The first-order valence-corrected chi connectivity index (χ1v) is 6.07. The van der Waals surface area contributed by atoms with Gasteiger partial charge in [0, 0.05) is 16.2 Å². The van der Waals surface area contributed by atoms with Crippen LogP contribution >= 0.6 is 15.9 Å². The molecule has 0 N–H and O–H groups in total. The van der Waals surface area contributed by atoms with Crippen LogP contribution in [-0.4, -0.2) is 17.4 Å². The topological polar surface area (TPSA) is 39.2 Å². The molecule has 0 bridgehead atoms. The molecule has 0 aliphatic carbocycles. The SMILES string of the molecule is O=C(c1ccccn1)c1ccc(OC(F)F)cc1Br. The normalized spacial score (nSPS) is 10.5. The fraction of sp³-hybridized carbons (Fsp3) is 0.0769. The number of nitrogens with zero attached hydrogens (tertiary/aromatic N) is 1. The van der Waals surface area contributed by atoms with Crippen LogP contribution in [0.25, 0.3) is 0 Å². The molecule has 0 saturated heterocycles. The van der Waals surface area contributed by atoms with Gasteiger partial charge in [0.05, 0.1) is 0 Å². The van der Waals surface area contributed by atoms with Gasteiger partial charge in [-0.1, -0.05) is 6.07 Å². The highest BCUT2D eigenvalue weighted by atomic mass is 79.9. The van der Waals surface area contributed by atoms with Gasteiger partial charge in [0.2, 0.25) is 5.78 Å². The van der Waals surface area contributed by atoms with Crippen molar-refractivity contribution < 1.29 is 18.3 Å². The highest BCUT2D eigenvalue weighted by Crippen LogP contribution is 2.25. The number of pyridine rings is 1. The van der Waals surface area contributed by atoms with Crippen molar-refractivity contribution in [3.8, 4) is 5.75 Å². The summed E-state index contributed by atoms with van der Waals surface area (Å²) >= 11 is 3.16. The first-order valence-electron chi connectivity index (χ1n) is 5.28. The first kappa shape index (κ1) is 13.6. The molecule has 0 aliphatic heterocycles. The Morgan fingerprint density at radius 1 is 1.26 bits per heavy atom. The molecule has 19 heavy (non-hydrogen) atoms. The molecule has 2 aromatic rings. The summed E-state index contributed by atoms with van der Waals surface area (Å²) in [7, 11) is 0. The Morgan fingerprint density at radius 2 is 2.05 bits per heavy atom. The van der Waals surface area contributed by atoms with E-state index in [1.807, 2.05) is 0 Å². The van der Waals surface area contributed by atoms with Crippen LogP contribution < -0.4 is 4.74 Å². The fourth-order valence-corrected chi connectivity index (χ4v) is 2.03. The number of carbonyl (C=O) groups is 1. The predicted molar refractivity (Wildman–Crippen MR) is 68.4 cm³/mol. The van der Waals surface area contributed by atoms with E-state index in [0.717, 1.165) is 0 Å². The molecule has 0 atom stereocenters. The van der Waals surface area contributed by atoms with Gasteiger partial charge in [-0.05, 0) is 46.3 Å². The van der Waals surface area contributed by atoms with Crippen LogP contribution in [0.1, 0.15) is 16.1 Å². The van der Waals surface area contributed by atoms with Crippen LogP contribution in [0.15, 0.2) is 47.1 Å². The summed E-state index contributed by atoms with van der Waals surface area (Å²) in [6.45, 7) is -2.90. The summed E-state index contributed by atoms with van der Waals surface area (Å²) in [4.78, 5) is 16.1. The number of hydrogen-bond acceptors (Lipinski definition) is 3. The average molecular weight is 328 g/mol. The van der Waals surface area contributed by atoms with Gasteiger partial charge in [-0.15, -0.1) is 0 Å². The highest BCUT2D eigenvalue weighted by molar-refractivity contribution is 9.10. The zero-order chi connectivity index (χ0) is 13.8. The van der Waals surface area contributed by atoms with Gasteiger partial charge in [-0.25, -0.2) is 0 Å². The van der Waals surface area contributed by atoms with Crippen LogP contribution in [0.2, 0.25) is 0 Å². The van der Waals surface area contributed by atoms with E-state index in [4.69, 9.17) is 0 Å². The van der Waals surface area contributed by atoms with Crippen molar-refractivity contribution in [1.29, 1.82) is 0 Å². The smallest absolute Gasteiger partial charge is 0.387 e. The Labute approximate surface area is 116 Å². The molecular weight excluding hydrogens is 320 g/mol. The first-order chi connectivity index (χ1) is 9.08. The molecule has 0 radical (unpaired) electrons. The van der Waals surface area contributed by atoms with Crippen LogP contribution in [0.4, 0.5) is 8.78 Å². The molecule has 0 unspecified atom stereocenters. The van der Waals surface area contributed by atoms with Crippen LogP contribution in [-0.2, 0) is 0 Å². The van der Waals surface area contributed by atoms with E-state index in [-0.39, 0.29) is 17.2 Å². The van der Waals surface area contributed by atoms with Gasteiger partial charge in [-0.2, -0.15) is 8.78 Å². The van der Waals surface area contributed by atoms with E-state index >= 15 is 0 Å². The second kappa shape index (κ2) is 5.88. The number of halogens is 3. The maximum atomic E-state index is 12.1. The lowest BCUT2D eigenvalue weighted by Gasteiger charge is -2.07. The van der Waals surface area contributed by atoms with Crippen LogP contribution in [0, 0.1) is 0 Å². The highest BCUT2D eigenvalue weighted by Gasteiger charge is 2.15. The lowest BCUT2D eigenvalue weighted by Crippen LogP contribution is -2.06. The number of carbonyl (C=O) groups excluding carboxylic acids is 1. The molecule has 1 heterocycles. The third-order valence-corrected chi connectivity index (χ3v) is 2.96. The molecule has 3 nitrogen and oxygen atoms in total. The number of benzene rings is 1. The molecule has 0 fully saturated rings. The molecule has 1 aromatic heterocycles. The van der Waals surface area contributed by atoms with Crippen molar-refractivity contribution in [1.82, 2.24) is 4.98 Å². The minimum Gasteiger partial charge on any atom is -0.435 e. The van der Waals surface area contributed by atoms with Crippen LogP contribution in [0.3, 0.4) is 0 Å². The third-order valence-electron chi connectivity index (χ3n) is 2.31. The zero-order valence-corrected chi connectivity index (χ0v) is 11.1. The molecule has 98 valence electrons. The maximum absolute atomic E-state index is 12.1. The van der Waals surface area contributed by atoms with Crippen molar-refractivity contribution in [3.05, 3.63) is 58.3 Å². The number of rotatable bonds is 4. The van der Waals surface area contributed by atoms with Crippen LogP contribution in [0.5, 0.6) is 5.75 Å². The lowest BCUT2D eigenvalue weighted by molar-refractivity contribution is -0.0498. The molecule has 2 rings (SSSR count). The van der Waals surface area contributed by atoms with Gasteiger partial charge in [0.15, 0.2) is 0 Å². The summed E-state index contributed by atoms with van der Waals surface area (Å²) in [6.07, 6.45) is 1.51. The zero-order valence-electron chi connectivity index (χ0n) is 9.52. The third kappa shape index (κ3) is 3.35. The van der Waals surface area contributed by atoms with E-state index < -0.39 is 6.61 Å². The molecule has 6 heteroatoms. The Morgan fingerprint density at radius 3 is 2.63 bits per heavy atom. The molecule has 0 spiro atoms. The molecule has 1 aromatic carbocycles. The van der Waals surface area contributed by atoms with Gasteiger partial charge >= 0.3 is 6.61 Å². The molecular formula is C13H8BrF2NO2. The van der Waals surface area contributed by atoms with E-state index in [9.17, 15) is 13.6 Å². The summed E-state index contributed by atoms with van der Waals surface area (Å²) in [5.41, 5.74) is 0.617. The van der Waals surface area contributed by atoms with Crippen molar-refractivity contribution in [2.24, 2.45) is 0 Å². The van der Waals surface area contributed by atoms with Crippen molar-refractivity contribution in [2.45, 2.75) is 6.61 Å². The lowest BCUT2D eigenvalue weighted by atomic mass is 10.1. The minimum absolute atomic E-state index is 0.0144. The van der Waals surface area contributed by atoms with Gasteiger partial charge in [0.25, 0.3) is 0 Å². The Kier molecular flexibility index (Phi) is 4.21. The van der Waals surface area contributed by atoms with E-state index in [2.05, 4.69) is 25.7 Å². The number of alkyl halides is 2. The predicted octanol–water partition coefficient (Wildman–Crippen LogP) is 3.68. The Balaban J connectivity index is 2.29. The monoisotopic (exact) mass is 327 g/mol. The summed E-state index contributed by atoms with van der Waals surface area (Å²) in [5.74, 6) is -0.310. The van der Waals surface area contributed by atoms with E-state index in [1.165, 1.54) is 24.4 Å². The second-order valence-corrected chi connectivity index (χ2v) is 4.42. The van der Waals surface area contributed by atoms with Gasteiger partial charge in [0.1, 0.15) is 11.4 Å². The largest absolute Gasteiger partial charge is 0.435 e. The molecule has 0 saturated carbocycles. The Hall–Kier alpha value is -1.82. The molecule has 0 amide bonds. The number of hydrogen-bond donors (Lipinski definition) is 0.